The molecular formula is C14H26N2OS. The summed E-state index contributed by atoms with van der Waals surface area (Å²) in [5.41, 5.74) is 1.18. The lowest BCUT2D eigenvalue weighted by atomic mass is 10.0. The molecule has 0 bridgehead atoms. The zero-order valence-electron chi connectivity index (χ0n) is 12.4. The summed E-state index contributed by atoms with van der Waals surface area (Å²) >= 11 is 1.77. The second kappa shape index (κ2) is 7.22. The molecule has 1 aromatic rings. The Balaban J connectivity index is 2.65. The highest BCUT2D eigenvalue weighted by Crippen LogP contribution is 2.23. The standard InChI is InChI=1S/C14H26N2OS/c1-7-17-8-13(9(2)3)15-10(4)14-11(5)18-12(6)16-14/h9-10,13,15H,7-8H2,1-6H3. The first-order chi connectivity index (χ1) is 8.45. The third kappa shape index (κ3) is 4.34. The van der Waals surface area contributed by atoms with E-state index in [2.05, 4.69) is 44.9 Å². The van der Waals surface area contributed by atoms with E-state index in [1.165, 1.54) is 10.6 Å². The van der Waals surface area contributed by atoms with Crippen molar-refractivity contribution in [3.8, 4) is 0 Å². The van der Waals surface area contributed by atoms with Crippen molar-refractivity contribution in [2.45, 2.75) is 53.6 Å². The molecule has 2 atom stereocenters. The Kier molecular flexibility index (Phi) is 6.26. The van der Waals surface area contributed by atoms with Crippen LogP contribution >= 0.6 is 11.3 Å². The van der Waals surface area contributed by atoms with Gasteiger partial charge in [0.2, 0.25) is 0 Å². The highest BCUT2D eigenvalue weighted by atomic mass is 32.1. The van der Waals surface area contributed by atoms with Gasteiger partial charge in [0.25, 0.3) is 0 Å². The summed E-state index contributed by atoms with van der Waals surface area (Å²) in [6, 6.07) is 0.657. The summed E-state index contributed by atoms with van der Waals surface area (Å²) in [4.78, 5) is 5.93. The monoisotopic (exact) mass is 270 g/mol. The summed E-state index contributed by atoms with van der Waals surface area (Å²) in [7, 11) is 0. The van der Waals surface area contributed by atoms with Crippen molar-refractivity contribution < 1.29 is 4.74 Å². The van der Waals surface area contributed by atoms with Crippen LogP contribution in [0.25, 0.3) is 0 Å². The smallest absolute Gasteiger partial charge is 0.0900 e. The topological polar surface area (TPSA) is 34.1 Å². The van der Waals surface area contributed by atoms with Gasteiger partial charge in [0.05, 0.1) is 17.3 Å². The van der Waals surface area contributed by atoms with Crippen molar-refractivity contribution in [1.82, 2.24) is 10.3 Å². The van der Waals surface area contributed by atoms with Crippen molar-refractivity contribution >= 4 is 11.3 Å². The van der Waals surface area contributed by atoms with Crippen molar-refractivity contribution in [3.63, 3.8) is 0 Å². The Morgan fingerprint density at radius 3 is 2.39 bits per heavy atom. The molecule has 0 aromatic carbocycles. The Labute approximate surface area is 115 Å². The fraction of sp³-hybridized carbons (Fsp3) is 0.786. The average molecular weight is 270 g/mol. The van der Waals surface area contributed by atoms with Gasteiger partial charge in [-0.2, -0.15) is 0 Å². The largest absolute Gasteiger partial charge is 0.380 e. The molecule has 1 aromatic heterocycles. The van der Waals surface area contributed by atoms with Gasteiger partial charge in [-0.25, -0.2) is 4.98 Å². The number of thiazole rings is 1. The second-order valence-electron chi connectivity index (χ2n) is 5.07. The number of nitrogens with zero attached hydrogens (tertiary/aromatic N) is 1. The molecule has 0 fully saturated rings. The molecule has 1 rings (SSSR count). The van der Waals surface area contributed by atoms with Gasteiger partial charge in [-0.05, 0) is 33.6 Å². The minimum atomic E-state index is 0.280. The Morgan fingerprint density at radius 1 is 1.28 bits per heavy atom. The minimum absolute atomic E-state index is 0.280. The van der Waals surface area contributed by atoms with Gasteiger partial charge >= 0.3 is 0 Å². The molecule has 0 radical (unpaired) electrons. The molecule has 2 unspecified atom stereocenters. The van der Waals surface area contributed by atoms with Gasteiger partial charge in [0.15, 0.2) is 0 Å². The molecule has 0 spiro atoms. The molecule has 0 saturated carbocycles. The highest BCUT2D eigenvalue weighted by molar-refractivity contribution is 7.11. The summed E-state index contributed by atoms with van der Waals surface area (Å²) in [6.45, 7) is 14.4. The molecule has 3 nitrogen and oxygen atoms in total. The molecule has 0 aliphatic heterocycles. The zero-order chi connectivity index (χ0) is 13.7. The maximum atomic E-state index is 5.55. The normalized spacial score (nSPS) is 15.1. The van der Waals surface area contributed by atoms with E-state index in [9.17, 15) is 0 Å². The molecule has 0 aliphatic rings. The summed E-state index contributed by atoms with van der Waals surface area (Å²) in [5, 5.41) is 4.78. The third-order valence-corrected chi connectivity index (χ3v) is 4.02. The number of hydrogen-bond donors (Lipinski definition) is 1. The fourth-order valence-corrected chi connectivity index (χ4v) is 2.94. The lowest BCUT2D eigenvalue weighted by molar-refractivity contribution is 0.104. The van der Waals surface area contributed by atoms with E-state index in [-0.39, 0.29) is 6.04 Å². The van der Waals surface area contributed by atoms with Crippen LogP contribution in [-0.4, -0.2) is 24.2 Å². The van der Waals surface area contributed by atoms with E-state index in [4.69, 9.17) is 4.74 Å². The molecule has 0 saturated heterocycles. The van der Waals surface area contributed by atoms with Crippen LogP contribution in [0.5, 0.6) is 0 Å². The van der Waals surface area contributed by atoms with Crippen LogP contribution in [0, 0.1) is 19.8 Å². The fourth-order valence-electron chi connectivity index (χ4n) is 2.02. The Hall–Kier alpha value is -0.450. The van der Waals surface area contributed by atoms with E-state index < -0.39 is 0 Å². The van der Waals surface area contributed by atoms with E-state index >= 15 is 0 Å². The van der Waals surface area contributed by atoms with Crippen LogP contribution in [0.15, 0.2) is 0 Å². The van der Waals surface area contributed by atoms with Gasteiger partial charge in [-0.15, -0.1) is 11.3 Å². The van der Waals surface area contributed by atoms with E-state index in [0.717, 1.165) is 18.2 Å². The van der Waals surface area contributed by atoms with Crippen LogP contribution in [0.2, 0.25) is 0 Å². The number of hydrogen-bond acceptors (Lipinski definition) is 4. The van der Waals surface area contributed by atoms with Gasteiger partial charge in [0.1, 0.15) is 0 Å². The first-order valence-electron chi connectivity index (χ1n) is 6.73. The predicted molar refractivity (Wildman–Crippen MR) is 78.3 cm³/mol. The van der Waals surface area contributed by atoms with Gasteiger partial charge in [0, 0.05) is 23.6 Å². The quantitative estimate of drug-likeness (QED) is 0.824. The average Bonchev–Trinajstić information content (AvgIpc) is 2.63. The van der Waals surface area contributed by atoms with E-state index in [1.807, 2.05) is 6.92 Å². The molecular weight excluding hydrogens is 244 g/mol. The van der Waals surface area contributed by atoms with E-state index in [0.29, 0.717) is 12.0 Å². The SMILES string of the molecule is CCOCC(NC(C)c1nc(C)sc1C)C(C)C. The molecule has 1 N–H and O–H groups in total. The van der Waals surface area contributed by atoms with Crippen LogP contribution in [0.3, 0.4) is 0 Å². The molecule has 1 heterocycles. The van der Waals surface area contributed by atoms with Crippen molar-refractivity contribution in [2.24, 2.45) is 5.92 Å². The summed E-state index contributed by atoms with van der Waals surface area (Å²) < 4.78 is 5.55. The second-order valence-corrected chi connectivity index (χ2v) is 6.48. The number of nitrogens with one attached hydrogen (secondary N) is 1. The Bertz CT molecular complexity index is 363. The number of ether oxygens (including phenoxy) is 1. The van der Waals surface area contributed by atoms with Crippen LogP contribution in [0.4, 0.5) is 0 Å². The van der Waals surface area contributed by atoms with Crippen molar-refractivity contribution in [3.05, 3.63) is 15.6 Å². The Morgan fingerprint density at radius 2 is 1.94 bits per heavy atom. The number of aryl methyl sites for hydroxylation is 2. The zero-order valence-corrected chi connectivity index (χ0v) is 13.2. The summed E-state index contributed by atoms with van der Waals surface area (Å²) in [5.74, 6) is 0.555. The highest BCUT2D eigenvalue weighted by Gasteiger charge is 2.19. The first-order valence-corrected chi connectivity index (χ1v) is 7.55. The predicted octanol–water partition coefficient (Wildman–Crippen LogP) is 3.47. The molecule has 104 valence electrons. The van der Waals surface area contributed by atoms with Crippen molar-refractivity contribution in [1.29, 1.82) is 0 Å². The van der Waals surface area contributed by atoms with Crippen LogP contribution < -0.4 is 5.32 Å². The van der Waals surface area contributed by atoms with Gasteiger partial charge < -0.3 is 10.1 Å². The third-order valence-electron chi connectivity index (χ3n) is 3.12. The van der Waals surface area contributed by atoms with Crippen molar-refractivity contribution in [2.75, 3.05) is 13.2 Å². The van der Waals surface area contributed by atoms with Crippen LogP contribution in [-0.2, 0) is 4.74 Å². The molecule has 18 heavy (non-hydrogen) atoms. The maximum Gasteiger partial charge on any atom is 0.0900 e. The molecule has 0 aliphatic carbocycles. The molecule has 0 amide bonds. The number of aromatic nitrogens is 1. The summed E-state index contributed by atoms with van der Waals surface area (Å²) in [6.07, 6.45) is 0. The van der Waals surface area contributed by atoms with Crippen LogP contribution in [0.1, 0.15) is 49.3 Å². The van der Waals surface area contributed by atoms with Gasteiger partial charge in [-0.3, -0.25) is 0 Å². The lowest BCUT2D eigenvalue weighted by Crippen LogP contribution is -2.39. The minimum Gasteiger partial charge on any atom is -0.380 e. The van der Waals surface area contributed by atoms with E-state index in [1.54, 1.807) is 11.3 Å². The first kappa shape index (κ1) is 15.6. The molecule has 4 heteroatoms. The van der Waals surface area contributed by atoms with Gasteiger partial charge in [-0.1, -0.05) is 13.8 Å². The number of rotatable bonds is 7. The lowest BCUT2D eigenvalue weighted by Gasteiger charge is -2.26. The maximum absolute atomic E-state index is 5.55.